The van der Waals surface area contributed by atoms with Gasteiger partial charge in [0.25, 0.3) is 11.8 Å². The lowest BCUT2D eigenvalue weighted by molar-refractivity contribution is -0.136. The van der Waals surface area contributed by atoms with Crippen LogP contribution in [0.1, 0.15) is 15.9 Å². The number of aliphatic hydroxyl groups excluding tert-OH is 1. The van der Waals surface area contributed by atoms with E-state index in [0.717, 1.165) is 12.0 Å². The molecule has 25 heavy (non-hydrogen) atoms. The van der Waals surface area contributed by atoms with E-state index >= 15 is 0 Å². The summed E-state index contributed by atoms with van der Waals surface area (Å²) in [5.74, 6) is -1.16. The summed E-state index contributed by atoms with van der Waals surface area (Å²) in [6.45, 7) is 0.592. The molecule has 8 nitrogen and oxygen atoms in total. The third kappa shape index (κ3) is 3.20. The van der Waals surface area contributed by atoms with Crippen molar-refractivity contribution in [2.45, 2.75) is 6.42 Å². The second-order valence-electron chi connectivity index (χ2n) is 5.80. The van der Waals surface area contributed by atoms with Crippen LogP contribution in [0.4, 0.5) is 5.69 Å². The number of ether oxygens (including phenoxy) is 1. The highest BCUT2D eigenvalue weighted by Crippen LogP contribution is 2.25. The minimum absolute atomic E-state index is 0.0693. The zero-order chi connectivity index (χ0) is 18.0. The van der Waals surface area contributed by atoms with Gasteiger partial charge in [-0.05, 0) is 24.1 Å². The van der Waals surface area contributed by atoms with Gasteiger partial charge in [-0.3, -0.25) is 9.59 Å². The molecule has 8 heteroatoms. The van der Waals surface area contributed by atoms with E-state index in [1.807, 2.05) is 6.07 Å². The van der Waals surface area contributed by atoms with Crippen molar-refractivity contribution in [2.24, 2.45) is 0 Å². The van der Waals surface area contributed by atoms with Gasteiger partial charge in [0.1, 0.15) is 5.70 Å². The number of β-amino-alcohol motifs (C(OH)–C–C–N with tert-alkyl or cyclic N) is 1. The first kappa shape index (κ1) is 17.0. The number of benzene rings is 1. The van der Waals surface area contributed by atoms with Gasteiger partial charge in [-0.15, -0.1) is 0 Å². The van der Waals surface area contributed by atoms with Gasteiger partial charge < -0.3 is 25.4 Å². The lowest BCUT2D eigenvalue weighted by atomic mass is 9.99. The number of nitrogens with one attached hydrogen (secondary N) is 2. The molecule has 3 rings (SSSR count). The number of methoxy groups -OCH3 is 1. The Hall–Kier alpha value is -2.87. The van der Waals surface area contributed by atoms with Crippen LogP contribution in [0.3, 0.4) is 0 Å². The number of amides is 2. The van der Waals surface area contributed by atoms with E-state index in [2.05, 4.69) is 10.6 Å². The highest BCUT2D eigenvalue weighted by molar-refractivity contribution is 6.08. The van der Waals surface area contributed by atoms with Gasteiger partial charge in [0.15, 0.2) is 0 Å². The molecule has 0 aliphatic carbocycles. The van der Waals surface area contributed by atoms with Crippen molar-refractivity contribution >= 4 is 23.5 Å². The molecular formula is C17H19N3O5. The van der Waals surface area contributed by atoms with Crippen LogP contribution >= 0.6 is 0 Å². The third-order valence-electron chi connectivity index (χ3n) is 4.26. The van der Waals surface area contributed by atoms with E-state index in [1.54, 1.807) is 12.1 Å². The molecule has 2 amide bonds. The van der Waals surface area contributed by atoms with Gasteiger partial charge in [-0.2, -0.15) is 0 Å². The van der Waals surface area contributed by atoms with E-state index in [1.165, 1.54) is 12.0 Å². The van der Waals surface area contributed by atoms with E-state index in [9.17, 15) is 14.4 Å². The molecule has 2 aliphatic rings. The monoisotopic (exact) mass is 345 g/mol. The lowest BCUT2D eigenvalue weighted by Gasteiger charge is -2.18. The van der Waals surface area contributed by atoms with Crippen LogP contribution in [-0.2, 0) is 20.7 Å². The molecule has 3 N–H and O–H groups in total. The van der Waals surface area contributed by atoms with Crippen LogP contribution in [0.15, 0.2) is 29.5 Å². The van der Waals surface area contributed by atoms with Gasteiger partial charge in [-0.25, -0.2) is 4.79 Å². The van der Waals surface area contributed by atoms with E-state index in [0.29, 0.717) is 17.8 Å². The molecule has 0 atom stereocenters. The zero-order valence-corrected chi connectivity index (χ0v) is 13.8. The van der Waals surface area contributed by atoms with Crippen molar-refractivity contribution < 1.29 is 24.2 Å². The molecule has 0 unspecified atom stereocenters. The Kier molecular flexibility index (Phi) is 4.71. The standard InChI is InChI=1S/C17H19N3O5/c1-25-17(24)13-9-20(6-7-21)16(23)14(13)19-11-3-2-10-4-5-18-15(22)12(10)8-11/h2-3,8,19,21H,4-7,9H2,1H3,(H,18,22). The summed E-state index contributed by atoms with van der Waals surface area (Å²) in [4.78, 5) is 37.8. The lowest BCUT2D eigenvalue weighted by Crippen LogP contribution is -2.32. The minimum Gasteiger partial charge on any atom is -0.466 e. The number of rotatable bonds is 5. The molecule has 0 radical (unpaired) electrons. The van der Waals surface area contributed by atoms with Crippen molar-refractivity contribution in [3.8, 4) is 0 Å². The van der Waals surface area contributed by atoms with Crippen molar-refractivity contribution in [2.75, 3.05) is 38.7 Å². The summed E-state index contributed by atoms with van der Waals surface area (Å²) in [5, 5.41) is 14.8. The summed E-state index contributed by atoms with van der Waals surface area (Å²) < 4.78 is 4.74. The predicted molar refractivity (Wildman–Crippen MR) is 88.8 cm³/mol. The number of nitrogens with zero attached hydrogens (tertiary/aromatic N) is 1. The Morgan fingerprint density at radius 1 is 1.40 bits per heavy atom. The molecule has 0 spiro atoms. The summed E-state index contributed by atoms with van der Waals surface area (Å²) in [5.41, 5.74) is 2.33. The number of carbonyl (C=O) groups is 3. The maximum Gasteiger partial charge on any atom is 0.337 e. The van der Waals surface area contributed by atoms with E-state index < -0.39 is 11.9 Å². The Morgan fingerprint density at radius 2 is 2.20 bits per heavy atom. The first-order valence-electron chi connectivity index (χ1n) is 7.95. The number of hydrogen-bond donors (Lipinski definition) is 3. The molecular weight excluding hydrogens is 326 g/mol. The second-order valence-corrected chi connectivity index (χ2v) is 5.80. The topological polar surface area (TPSA) is 108 Å². The van der Waals surface area contributed by atoms with E-state index in [-0.39, 0.29) is 36.9 Å². The summed E-state index contributed by atoms with van der Waals surface area (Å²) >= 11 is 0. The molecule has 1 aromatic carbocycles. The van der Waals surface area contributed by atoms with Gasteiger partial charge in [-0.1, -0.05) is 6.07 Å². The molecule has 0 saturated heterocycles. The van der Waals surface area contributed by atoms with Crippen LogP contribution in [0.5, 0.6) is 0 Å². The average molecular weight is 345 g/mol. The quantitative estimate of drug-likeness (QED) is 0.630. The number of carbonyl (C=O) groups excluding carboxylic acids is 3. The van der Waals surface area contributed by atoms with Crippen LogP contribution in [0.2, 0.25) is 0 Å². The van der Waals surface area contributed by atoms with Crippen molar-refractivity contribution in [3.63, 3.8) is 0 Å². The van der Waals surface area contributed by atoms with Gasteiger partial charge in [0.05, 0.1) is 25.8 Å². The molecule has 1 aromatic rings. The fourth-order valence-corrected chi connectivity index (χ4v) is 2.98. The Labute approximate surface area is 144 Å². The first-order chi connectivity index (χ1) is 12.0. The fraction of sp³-hybridized carbons (Fsp3) is 0.353. The summed E-state index contributed by atoms with van der Waals surface area (Å²) in [6, 6.07) is 5.26. The van der Waals surface area contributed by atoms with Crippen molar-refractivity contribution in [3.05, 3.63) is 40.6 Å². The predicted octanol–water partition coefficient (Wildman–Crippen LogP) is -0.354. The molecule has 132 valence electrons. The maximum absolute atomic E-state index is 12.5. The van der Waals surface area contributed by atoms with Gasteiger partial charge in [0.2, 0.25) is 0 Å². The number of esters is 1. The largest absolute Gasteiger partial charge is 0.466 e. The molecule has 0 saturated carbocycles. The molecule has 2 aliphatic heterocycles. The SMILES string of the molecule is COC(=O)C1=C(Nc2ccc3c(c2)C(=O)NCC3)C(=O)N(CCO)C1. The summed E-state index contributed by atoms with van der Waals surface area (Å²) in [6.07, 6.45) is 0.751. The molecule has 0 fully saturated rings. The van der Waals surface area contributed by atoms with Crippen LogP contribution < -0.4 is 10.6 Å². The third-order valence-corrected chi connectivity index (χ3v) is 4.26. The Bertz CT molecular complexity index is 772. The molecule has 2 heterocycles. The highest BCUT2D eigenvalue weighted by Gasteiger charge is 2.34. The fourth-order valence-electron chi connectivity index (χ4n) is 2.98. The van der Waals surface area contributed by atoms with E-state index in [4.69, 9.17) is 9.84 Å². The second kappa shape index (κ2) is 6.94. The van der Waals surface area contributed by atoms with Crippen LogP contribution in [0.25, 0.3) is 0 Å². The van der Waals surface area contributed by atoms with Gasteiger partial charge >= 0.3 is 5.97 Å². The smallest absolute Gasteiger partial charge is 0.337 e. The van der Waals surface area contributed by atoms with Crippen molar-refractivity contribution in [1.82, 2.24) is 10.2 Å². The Morgan fingerprint density at radius 3 is 2.92 bits per heavy atom. The number of fused-ring (bicyclic) bond motifs is 1. The van der Waals surface area contributed by atoms with Crippen LogP contribution in [-0.4, -0.2) is 61.1 Å². The average Bonchev–Trinajstić information content (AvgIpc) is 2.92. The highest BCUT2D eigenvalue weighted by atomic mass is 16.5. The Balaban J connectivity index is 1.91. The van der Waals surface area contributed by atoms with Crippen LogP contribution in [0, 0.1) is 0 Å². The number of hydrogen-bond acceptors (Lipinski definition) is 6. The summed E-state index contributed by atoms with van der Waals surface area (Å²) in [7, 11) is 1.25. The van der Waals surface area contributed by atoms with Crippen molar-refractivity contribution in [1.29, 1.82) is 0 Å². The number of aliphatic hydroxyl groups is 1. The number of anilines is 1. The zero-order valence-electron chi connectivity index (χ0n) is 13.8. The molecule has 0 bridgehead atoms. The maximum atomic E-state index is 12.5. The molecule has 0 aromatic heterocycles. The first-order valence-corrected chi connectivity index (χ1v) is 7.95. The minimum atomic E-state index is -0.605. The normalized spacial score (nSPS) is 16.6. The van der Waals surface area contributed by atoms with Gasteiger partial charge in [0, 0.05) is 24.3 Å².